The van der Waals surface area contributed by atoms with Gasteiger partial charge in [-0.1, -0.05) is 83.1 Å². The Hall–Kier alpha value is -2.54. The molecule has 0 unspecified atom stereocenters. The Morgan fingerprint density at radius 3 is 2.42 bits per heavy atom. The van der Waals surface area contributed by atoms with Crippen molar-refractivity contribution < 1.29 is 0 Å². The topological polar surface area (TPSA) is 15.8 Å². The number of rotatable bonds is 0. The van der Waals surface area contributed by atoms with E-state index in [-0.39, 0.29) is 10.8 Å². The summed E-state index contributed by atoms with van der Waals surface area (Å²) in [7, 11) is 0. The lowest BCUT2D eigenvalue weighted by Gasteiger charge is -2.25. The Kier molecular flexibility index (Phi) is 2.89. The van der Waals surface area contributed by atoms with Gasteiger partial charge in [-0.15, -0.1) is 0 Å². The van der Waals surface area contributed by atoms with Crippen LogP contribution in [0.4, 0.5) is 0 Å². The van der Waals surface area contributed by atoms with Gasteiger partial charge in [-0.05, 0) is 38.9 Å². The Morgan fingerprint density at radius 1 is 0.885 bits per heavy atom. The van der Waals surface area contributed by atoms with Crippen LogP contribution in [0.1, 0.15) is 51.3 Å². The Morgan fingerprint density at radius 2 is 1.65 bits per heavy atom. The first kappa shape index (κ1) is 15.7. The molecule has 0 atom stereocenters. The van der Waals surface area contributed by atoms with Gasteiger partial charge in [0.2, 0.25) is 0 Å². The second-order valence-electron chi connectivity index (χ2n) is 9.22. The maximum Gasteiger partial charge on any atom is 0.0509 e. The molecule has 1 heteroatoms. The van der Waals surface area contributed by atoms with Crippen molar-refractivity contribution in [3.8, 4) is 11.3 Å². The highest BCUT2D eigenvalue weighted by Gasteiger charge is 2.39. The zero-order valence-corrected chi connectivity index (χ0v) is 16.2. The smallest absolute Gasteiger partial charge is 0.0509 e. The van der Waals surface area contributed by atoms with E-state index in [0.29, 0.717) is 0 Å². The summed E-state index contributed by atoms with van der Waals surface area (Å²) >= 11 is 0. The van der Waals surface area contributed by atoms with Crippen molar-refractivity contribution in [3.63, 3.8) is 0 Å². The number of benzene rings is 3. The SMILES string of the molecule is CC(C)(C)c1ccc2c(c1)C(C)(C)c1c-2[nH]c2ccc3ccccc3c12. The highest BCUT2D eigenvalue weighted by molar-refractivity contribution is 6.12. The number of hydrogen-bond acceptors (Lipinski definition) is 0. The molecule has 5 rings (SSSR count). The van der Waals surface area contributed by atoms with Crippen LogP contribution in [-0.4, -0.2) is 4.98 Å². The molecule has 0 amide bonds. The number of aromatic nitrogens is 1. The normalized spacial score (nSPS) is 15.4. The van der Waals surface area contributed by atoms with Crippen LogP contribution in [0.3, 0.4) is 0 Å². The summed E-state index contributed by atoms with van der Waals surface area (Å²) in [4.78, 5) is 3.74. The van der Waals surface area contributed by atoms with Crippen LogP contribution in [0.2, 0.25) is 0 Å². The maximum atomic E-state index is 3.74. The molecule has 4 aromatic rings. The van der Waals surface area contributed by atoms with Gasteiger partial charge in [0.25, 0.3) is 0 Å². The van der Waals surface area contributed by atoms with Gasteiger partial charge in [0.15, 0.2) is 0 Å². The fourth-order valence-corrected chi connectivity index (χ4v) is 4.67. The standard InChI is InChI=1S/C25H25N/c1-24(2,3)16-11-12-18-19(14-16)25(4,5)22-21-17-9-7-6-8-15(17)10-13-20(21)26-23(18)22/h6-14,26H,1-5H3. The molecule has 130 valence electrons. The van der Waals surface area contributed by atoms with E-state index >= 15 is 0 Å². The van der Waals surface area contributed by atoms with E-state index in [4.69, 9.17) is 0 Å². The largest absolute Gasteiger partial charge is 0.354 e. The first-order chi connectivity index (χ1) is 12.3. The number of nitrogens with one attached hydrogen (secondary N) is 1. The van der Waals surface area contributed by atoms with Crippen LogP contribution >= 0.6 is 0 Å². The zero-order chi connectivity index (χ0) is 18.3. The average Bonchev–Trinajstić information content (AvgIpc) is 3.09. The second kappa shape index (κ2) is 4.79. The predicted octanol–water partition coefficient (Wildman–Crippen LogP) is 6.92. The molecule has 26 heavy (non-hydrogen) atoms. The van der Waals surface area contributed by atoms with Crippen LogP contribution in [0.15, 0.2) is 54.6 Å². The van der Waals surface area contributed by atoms with Crippen molar-refractivity contribution in [1.29, 1.82) is 0 Å². The van der Waals surface area contributed by atoms with Gasteiger partial charge >= 0.3 is 0 Å². The molecule has 0 spiro atoms. The number of aromatic amines is 1. The van der Waals surface area contributed by atoms with Crippen LogP contribution in [0.5, 0.6) is 0 Å². The van der Waals surface area contributed by atoms with Crippen LogP contribution in [0.25, 0.3) is 32.9 Å². The van der Waals surface area contributed by atoms with Gasteiger partial charge < -0.3 is 4.98 Å². The van der Waals surface area contributed by atoms with E-state index in [2.05, 4.69) is 94.2 Å². The van der Waals surface area contributed by atoms with E-state index < -0.39 is 0 Å². The van der Waals surface area contributed by atoms with Crippen molar-refractivity contribution >= 4 is 21.7 Å². The summed E-state index contributed by atoms with van der Waals surface area (Å²) in [5.41, 5.74) is 8.36. The van der Waals surface area contributed by atoms with Crippen LogP contribution < -0.4 is 0 Å². The second-order valence-corrected chi connectivity index (χ2v) is 9.22. The first-order valence-corrected chi connectivity index (χ1v) is 9.48. The fourth-order valence-electron chi connectivity index (χ4n) is 4.67. The van der Waals surface area contributed by atoms with Crippen molar-refractivity contribution in [3.05, 3.63) is 71.3 Å². The minimum atomic E-state index is -0.00565. The minimum Gasteiger partial charge on any atom is -0.354 e. The lowest BCUT2D eigenvalue weighted by atomic mass is 9.78. The van der Waals surface area contributed by atoms with E-state index in [1.165, 1.54) is 49.6 Å². The van der Waals surface area contributed by atoms with Gasteiger partial charge in [-0.2, -0.15) is 0 Å². The lowest BCUT2D eigenvalue weighted by Crippen LogP contribution is -2.17. The summed E-state index contributed by atoms with van der Waals surface area (Å²) in [5.74, 6) is 0. The van der Waals surface area contributed by atoms with Gasteiger partial charge in [0, 0.05) is 21.9 Å². The first-order valence-electron chi connectivity index (χ1n) is 9.48. The Labute approximate surface area is 155 Å². The van der Waals surface area contributed by atoms with Crippen LogP contribution in [-0.2, 0) is 10.8 Å². The molecule has 1 N–H and O–H groups in total. The lowest BCUT2D eigenvalue weighted by molar-refractivity contribution is 0.585. The summed E-state index contributed by atoms with van der Waals surface area (Å²) in [5, 5.41) is 4.04. The minimum absolute atomic E-state index is 0.00565. The van der Waals surface area contributed by atoms with Crippen molar-refractivity contribution in [1.82, 2.24) is 4.98 Å². The number of fused-ring (bicyclic) bond motifs is 7. The molecule has 0 bridgehead atoms. The molecular formula is C25H25N. The molecule has 1 aliphatic rings. The van der Waals surface area contributed by atoms with E-state index in [0.717, 1.165) is 0 Å². The predicted molar refractivity (Wildman–Crippen MR) is 112 cm³/mol. The monoisotopic (exact) mass is 339 g/mol. The maximum absolute atomic E-state index is 3.74. The summed E-state index contributed by atoms with van der Waals surface area (Å²) in [6.07, 6.45) is 0. The summed E-state index contributed by atoms with van der Waals surface area (Å²) in [6.45, 7) is 11.6. The van der Waals surface area contributed by atoms with Crippen molar-refractivity contribution in [2.45, 2.75) is 45.4 Å². The molecule has 3 aromatic carbocycles. The molecule has 0 aliphatic heterocycles. The zero-order valence-electron chi connectivity index (χ0n) is 16.2. The van der Waals surface area contributed by atoms with Crippen molar-refractivity contribution in [2.24, 2.45) is 0 Å². The van der Waals surface area contributed by atoms with Crippen molar-refractivity contribution in [2.75, 3.05) is 0 Å². The average molecular weight is 339 g/mol. The van der Waals surface area contributed by atoms with Crippen LogP contribution in [0, 0.1) is 0 Å². The molecular weight excluding hydrogens is 314 g/mol. The molecule has 0 saturated heterocycles. The molecule has 1 aromatic heterocycles. The number of hydrogen-bond donors (Lipinski definition) is 1. The molecule has 1 heterocycles. The van der Waals surface area contributed by atoms with E-state index in [1.807, 2.05) is 0 Å². The molecule has 1 nitrogen and oxygen atoms in total. The third kappa shape index (κ3) is 1.92. The highest BCUT2D eigenvalue weighted by atomic mass is 14.8. The van der Waals surface area contributed by atoms with Gasteiger partial charge in [0.05, 0.1) is 5.69 Å². The molecule has 0 fully saturated rings. The van der Waals surface area contributed by atoms with Gasteiger partial charge in [-0.25, -0.2) is 0 Å². The van der Waals surface area contributed by atoms with E-state index in [9.17, 15) is 0 Å². The van der Waals surface area contributed by atoms with Gasteiger partial charge in [-0.3, -0.25) is 0 Å². The molecule has 0 radical (unpaired) electrons. The molecule has 1 aliphatic carbocycles. The third-order valence-corrected chi connectivity index (χ3v) is 6.14. The fraction of sp³-hybridized carbons (Fsp3) is 0.280. The Balaban J connectivity index is 1.88. The summed E-state index contributed by atoms with van der Waals surface area (Å²) in [6, 6.07) is 20.2. The summed E-state index contributed by atoms with van der Waals surface area (Å²) < 4.78 is 0. The molecule has 0 saturated carbocycles. The number of H-pyrrole nitrogens is 1. The third-order valence-electron chi connectivity index (χ3n) is 6.14. The van der Waals surface area contributed by atoms with E-state index in [1.54, 1.807) is 0 Å². The Bertz CT molecular complexity index is 1180. The quantitative estimate of drug-likeness (QED) is 0.358. The highest BCUT2D eigenvalue weighted by Crippen LogP contribution is 2.53. The van der Waals surface area contributed by atoms with Gasteiger partial charge in [0.1, 0.15) is 0 Å².